The van der Waals surface area contributed by atoms with Crippen LogP contribution in [-0.4, -0.2) is 41.1 Å². The molecule has 0 unspecified atom stereocenters. The van der Waals surface area contributed by atoms with Crippen LogP contribution in [0.25, 0.3) is 0 Å². The van der Waals surface area contributed by atoms with E-state index in [1.165, 1.54) is 6.07 Å². The fourth-order valence-corrected chi connectivity index (χ4v) is 3.75. The lowest BCUT2D eigenvalue weighted by atomic mass is 10.1. The zero-order chi connectivity index (χ0) is 17.8. The number of nitrogens with one attached hydrogen (secondary N) is 2. The van der Waals surface area contributed by atoms with Crippen LogP contribution in [0.4, 0.5) is 5.69 Å². The molecule has 2 N–H and O–H groups in total. The molecule has 0 atom stereocenters. The van der Waals surface area contributed by atoms with Crippen molar-refractivity contribution >= 4 is 25.7 Å². The topological polar surface area (TPSA) is 135 Å². The van der Waals surface area contributed by atoms with E-state index in [2.05, 4.69) is 9.44 Å². The maximum Gasteiger partial charge on any atom is 0.271 e. The van der Waals surface area contributed by atoms with Gasteiger partial charge < -0.3 is 0 Å². The Hall–Kier alpha value is -1.56. The van der Waals surface area contributed by atoms with Crippen molar-refractivity contribution in [2.24, 2.45) is 0 Å². The molecule has 9 nitrogen and oxygen atoms in total. The maximum atomic E-state index is 12.3. The van der Waals surface area contributed by atoms with Gasteiger partial charge in [-0.1, -0.05) is 0 Å². The third-order valence-electron chi connectivity index (χ3n) is 3.11. The first-order valence-electron chi connectivity index (χ1n) is 6.64. The monoisotopic (exact) mass is 365 g/mol. The number of sulfonamides is 2. The quantitative estimate of drug-likeness (QED) is 0.389. The van der Waals surface area contributed by atoms with Crippen molar-refractivity contribution in [1.82, 2.24) is 9.44 Å². The van der Waals surface area contributed by atoms with Crippen LogP contribution in [0, 0.1) is 24.0 Å². The minimum Gasteiger partial charge on any atom is -0.258 e. The molecule has 1 rings (SSSR count). The molecule has 0 amide bonds. The van der Waals surface area contributed by atoms with Gasteiger partial charge >= 0.3 is 0 Å². The predicted octanol–water partition coefficient (Wildman–Crippen LogP) is 0.429. The molecule has 23 heavy (non-hydrogen) atoms. The highest BCUT2D eigenvalue weighted by atomic mass is 32.2. The van der Waals surface area contributed by atoms with E-state index in [9.17, 15) is 26.9 Å². The number of non-ortho nitro benzene ring substituents is 1. The zero-order valence-corrected chi connectivity index (χ0v) is 14.6. The number of hydrogen-bond donors (Lipinski definition) is 2. The van der Waals surface area contributed by atoms with E-state index in [4.69, 9.17) is 0 Å². The SMILES string of the molecule is Cc1cc([N+](=O)[O-])cc(S(=O)(=O)NCCCNS(C)(=O)=O)c1C. The summed E-state index contributed by atoms with van der Waals surface area (Å²) in [7, 11) is -7.24. The molecule has 130 valence electrons. The molecule has 1 aromatic carbocycles. The largest absolute Gasteiger partial charge is 0.271 e. The second kappa shape index (κ2) is 7.34. The van der Waals surface area contributed by atoms with Crippen LogP contribution in [-0.2, 0) is 20.0 Å². The Bertz CT molecular complexity index is 802. The van der Waals surface area contributed by atoms with E-state index in [0.717, 1.165) is 12.3 Å². The molecule has 0 aliphatic carbocycles. The minimum atomic E-state index is -3.92. The second-order valence-electron chi connectivity index (χ2n) is 5.06. The van der Waals surface area contributed by atoms with Crippen LogP contribution in [0.2, 0.25) is 0 Å². The van der Waals surface area contributed by atoms with Gasteiger partial charge in [-0.3, -0.25) is 10.1 Å². The Balaban J connectivity index is 2.86. The number of hydrogen-bond acceptors (Lipinski definition) is 6. The van der Waals surface area contributed by atoms with Gasteiger partial charge in [0.2, 0.25) is 20.0 Å². The number of benzene rings is 1. The first-order chi connectivity index (χ1) is 10.4. The van der Waals surface area contributed by atoms with Gasteiger partial charge in [-0.2, -0.15) is 0 Å². The van der Waals surface area contributed by atoms with Crippen LogP contribution in [0.5, 0.6) is 0 Å². The van der Waals surface area contributed by atoms with Crippen molar-refractivity contribution < 1.29 is 21.8 Å². The summed E-state index contributed by atoms with van der Waals surface area (Å²) in [5, 5.41) is 10.9. The lowest BCUT2D eigenvalue weighted by molar-refractivity contribution is -0.385. The second-order valence-corrected chi connectivity index (χ2v) is 8.63. The minimum absolute atomic E-state index is 0.00598. The fourth-order valence-electron chi connectivity index (χ4n) is 1.82. The summed E-state index contributed by atoms with van der Waals surface area (Å²) in [6, 6.07) is 2.32. The average molecular weight is 365 g/mol. The van der Waals surface area contributed by atoms with Gasteiger partial charge in [-0.15, -0.1) is 0 Å². The first kappa shape index (κ1) is 19.5. The molecule has 0 bridgehead atoms. The summed E-state index contributed by atoms with van der Waals surface area (Å²) in [4.78, 5) is 10.1. The Morgan fingerprint density at radius 1 is 1.09 bits per heavy atom. The standard InChI is InChI=1S/C12H19N3O6S2/c1-9-7-11(15(16)17)8-12(10(9)2)23(20,21)14-6-4-5-13-22(3,18)19/h7-8,13-14H,4-6H2,1-3H3. The molecule has 0 saturated carbocycles. The summed E-state index contributed by atoms with van der Waals surface area (Å²) in [6.45, 7) is 3.26. The van der Waals surface area contributed by atoms with E-state index in [-0.39, 0.29) is 30.1 Å². The van der Waals surface area contributed by atoms with Gasteiger partial charge in [0.25, 0.3) is 5.69 Å². The molecule has 0 saturated heterocycles. The van der Waals surface area contributed by atoms with Gasteiger partial charge in [0.1, 0.15) is 0 Å². The number of rotatable bonds is 8. The molecule has 0 aliphatic heterocycles. The van der Waals surface area contributed by atoms with Gasteiger partial charge in [0.05, 0.1) is 16.1 Å². The normalized spacial score (nSPS) is 12.3. The van der Waals surface area contributed by atoms with Crippen molar-refractivity contribution in [3.63, 3.8) is 0 Å². The summed E-state index contributed by atoms with van der Waals surface area (Å²) in [5.74, 6) is 0. The van der Waals surface area contributed by atoms with Crippen LogP contribution in [0.3, 0.4) is 0 Å². The van der Waals surface area contributed by atoms with E-state index < -0.39 is 25.0 Å². The molecule has 0 aromatic heterocycles. The third-order valence-corrected chi connectivity index (χ3v) is 5.43. The van der Waals surface area contributed by atoms with Crippen LogP contribution in [0.15, 0.2) is 17.0 Å². The van der Waals surface area contributed by atoms with E-state index >= 15 is 0 Å². The molecule has 0 aliphatic rings. The maximum absolute atomic E-state index is 12.3. The number of nitro benzene ring substituents is 1. The van der Waals surface area contributed by atoms with E-state index in [0.29, 0.717) is 11.1 Å². The predicted molar refractivity (Wildman–Crippen MR) is 85.2 cm³/mol. The van der Waals surface area contributed by atoms with Crippen molar-refractivity contribution in [3.05, 3.63) is 33.4 Å². The number of nitro groups is 1. The summed E-state index contributed by atoms with van der Waals surface area (Å²) >= 11 is 0. The lowest BCUT2D eigenvalue weighted by Crippen LogP contribution is -2.29. The Morgan fingerprint density at radius 3 is 2.17 bits per heavy atom. The summed E-state index contributed by atoms with van der Waals surface area (Å²) in [5.41, 5.74) is 0.628. The van der Waals surface area contributed by atoms with Gasteiger partial charge in [0.15, 0.2) is 0 Å². The van der Waals surface area contributed by atoms with Crippen LogP contribution < -0.4 is 9.44 Å². The highest BCUT2D eigenvalue weighted by molar-refractivity contribution is 7.89. The van der Waals surface area contributed by atoms with E-state index in [1.54, 1.807) is 13.8 Å². The molecule has 11 heteroatoms. The van der Waals surface area contributed by atoms with E-state index in [1.807, 2.05) is 0 Å². The van der Waals surface area contributed by atoms with Crippen molar-refractivity contribution in [3.8, 4) is 0 Å². The van der Waals surface area contributed by atoms with Crippen LogP contribution >= 0.6 is 0 Å². The van der Waals surface area contributed by atoms with Gasteiger partial charge in [-0.25, -0.2) is 26.3 Å². The number of aryl methyl sites for hydroxylation is 1. The van der Waals surface area contributed by atoms with Crippen molar-refractivity contribution in [2.45, 2.75) is 25.2 Å². The van der Waals surface area contributed by atoms with Crippen molar-refractivity contribution in [2.75, 3.05) is 19.3 Å². The molecule has 0 radical (unpaired) electrons. The molecule has 1 aromatic rings. The lowest BCUT2D eigenvalue weighted by Gasteiger charge is -2.11. The Labute approximate surface area is 135 Å². The Kier molecular flexibility index (Phi) is 6.22. The summed E-state index contributed by atoms with van der Waals surface area (Å²) < 4.78 is 50.9. The molecule has 0 spiro atoms. The van der Waals surface area contributed by atoms with Gasteiger partial charge in [0, 0.05) is 25.2 Å². The average Bonchev–Trinajstić information content (AvgIpc) is 2.39. The highest BCUT2D eigenvalue weighted by Gasteiger charge is 2.21. The third kappa shape index (κ3) is 5.86. The smallest absolute Gasteiger partial charge is 0.258 e. The fraction of sp³-hybridized carbons (Fsp3) is 0.500. The molecule has 0 fully saturated rings. The molecular weight excluding hydrogens is 346 g/mol. The zero-order valence-electron chi connectivity index (χ0n) is 13.0. The van der Waals surface area contributed by atoms with Gasteiger partial charge in [-0.05, 0) is 31.4 Å². The highest BCUT2D eigenvalue weighted by Crippen LogP contribution is 2.25. The first-order valence-corrected chi connectivity index (χ1v) is 10.0. The summed E-state index contributed by atoms with van der Waals surface area (Å²) in [6.07, 6.45) is 1.26. The molecular formula is C12H19N3O6S2. The van der Waals surface area contributed by atoms with Crippen molar-refractivity contribution in [1.29, 1.82) is 0 Å². The Morgan fingerprint density at radius 2 is 1.65 bits per heavy atom. The molecule has 0 heterocycles. The van der Waals surface area contributed by atoms with Crippen LogP contribution in [0.1, 0.15) is 17.5 Å². The number of nitrogens with zero attached hydrogens (tertiary/aromatic N) is 1.